The van der Waals surface area contributed by atoms with Crippen LogP contribution >= 0.6 is 11.3 Å². The highest BCUT2D eigenvalue weighted by Gasteiger charge is 2.31. The summed E-state index contributed by atoms with van der Waals surface area (Å²) < 4.78 is 0. The van der Waals surface area contributed by atoms with E-state index in [1.165, 1.54) is 22.4 Å². The van der Waals surface area contributed by atoms with Gasteiger partial charge >= 0.3 is 5.97 Å². The van der Waals surface area contributed by atoms with Crippen LogP contribution in [-0.2, 0) is 4.79 Å². The summed E-state index contributed by atoms with van der Waals surface area (Å²) in [7, 11) is 0. The molecule has 0 aliphatic carbocycles. The van der Waals surface area contributed by atoms with Gasteiger partial charge in [0.05, 0.1) is 11.7 Å². The lowest BCUT2D eigenvalue weighted by molar-refractivity contribution is -0.142. The molecule has 0 spiro atoms. The van der Waals surface area contributed by atoms with E-state index in [2.05, 4.69) is 4.98 Å². The van der Waals surface area contributed by atoms with Gasteiger partial charge < -0.3 is 10.0 Å². The van der Waals surface area contributed by atoms with Gasteiger partial charge in [0.25, 0.3) is 5.91 Å². The number of carboxylic acids is 1. The zero-order chi connectivity index (χ0) is 12.3. The van der Waals surface area contributed by atoms with Crippen molar-refractivity contribution in [3.63, 3.8) is 0 Å². The lowest BCUT2D eigenvalue weighted by Crippen LogP contribution is -2.44. The highest BCUT2D eigenvalue weighted by atomic mass is 32.1. The van der Waals surface area contributed by atoms with Crippen molar-refractivity contribution in [3.8, 4) is 0 Å². The first-order valence-electron chi connectivity index (χ1n) is 5.62. The first-order chi connectivity index (χ1) is 8.20. The van der Waals surface area contributed by atoms with Crippen LogP contribution in [0.3, 0.4) is 0 Å². The fourth-order valence-corrected chi connectivity index (χ4v) is 2.65. The molecule has 1 unspecified atom stereocenters. The molecule has 1 aliphatic heterocycles. The Morgan fingerprint density at radius 3 is 2.88 bits per heavy atom. The van der Waals surface area contributed by atoms with Crippen molar-refractivity contribution < 1.29 is 14.7 Å². The Bertz CT molecular complexity index is 405. The molecule has 1 N–H and O–H groups in total. The van der Waals surface area contributed by atoms with Gasteiger partial charge in [0, 0.05) is 6.54 Å². The third-order valence-corrected chi connectivity index (χ3v) is 3.70. The van der Waals surface area contributed by atoms with E-state index >= 15 is 0 Å². The molecule has 17 heavy (non-hydrogen) atoms. The Morgan fingerprint density at radius 1 is 1.41 bits per heavy atom. The lowest BCUT2D eigenvalue weighted by Gasteiger charge is -2.26. The number of nitrogens with zero attached hydrogens (tertiary/aromatic N) is 2. The number of hydrogen-bond acceptors (Lipinski definition) is 4. The third-order valence-electron chi connectivity index (χ3n) is 2.94. The van der Waals surface area contributed by atoms with Crippen LogP contribution in [0.1, 0.15) is 35.4 Å². The Labute approximate surface area is 103 Å². The van der Waals surface area contributed by atoms with E-state index in [0.717, 1.165) is 19.3 Å². The average molecular weight is 254 g/mol. The molecular weight excluding hydrogens is 240 g/mol. The van der Waals surface area contributed by atoms with Crippen LogP contribution in [0, 0.1) is 0 Å². The van der Waals surface area contributed by atoms with Gasteiger partial charge in [-0.25, -0.2) is 4.79 Å². The second kappa shape index (κ2) is 5.27. The summed E-state index contributed by atoms with van der Waals surface area (Å²) in [5, 5.41) is 9.17. The molecule has 2 rings (SSSR count). The van der Waals surface area contributed by atoms with Crippen LogP contribution in [0.25, 0.3) is 0 Å². The summed E-state index contributed by atoms with van der Waals surface area (Å²) in [5.74, 6) is -1.12. The highest BCUT2D eigenvalue weighted by Crippen LogP contribution is 2.20. The van der Waals surface area contributed by atoms with Crippen molar-refractivity contribution >= 4 is 23.2 Å². The van der Waals surface area contributed by atoms with Crippen molar-refractivity contribution in [3.05, 3.63) is 16.6 Å². The molecule has 6 heteroatoms. The number of aromatic nitrogens is 1. The van der Waals surface area contributed by atoms with E-state index in [1.807, 2.05) is 0 Å². The summed E-state index contributed by atoms with van der Waals surface area (Å²) >= 11 is 1.25. The number of thiazole rings is 1. The quantitative estimate of drug-likeness (QED) is 0.870. The zero-order valence-corrected chi connectivity index (χ0v) is 10.2. The molecule has 1 saturated heterocycles. The molecule has 1 amide bonds. The number of carboxylic acid groups (broad SMARTS) is 1. The monoisotopic (exact) mass is 254 g/mol. The van der Waals surface area contributed by atoms with Gasteiger partial charge in [-0.1, -0.05) is 12.8 Å². The number of amides is 1. The maximum atomic E-state index is 12.2. The highest BCUT2D eigenvalue weighted by molar-refractivity contribution is 7.11. The topological polar surface area (TPSA) is 70.5 Å². The molecule has 1 aliphatic rings. The van der Waals surface area contributed by atoms with Crippen molar-refractivity contribution in [2.75, 3.05) is 6.54 Å². The van der Waals surface area contributed by atoms with Crippen molar-refractivity contribution in [1.82, 2.24) is 9.88 Å². The van der Waals surface area contributed by atoms with E-state index in [9.17, 15) is 14.7 Å². The Morgan fingerprint density at radius 2 is 2.24 bits per heavy atom. The van der Waals surface area contributed by atoms with Gasteiger partial charge in [-0.3, -0.25) is 9.78 Å². The van der Waals surface area contributed by atoms with Gasteiger partial charge in [-0.2, -0.15) is 0 Å². The molecule has 1 aromatic heterocycles. The number of carbonyl (C=O) groups excluding carboxylic acids is 1. The van der Waals surface area contributed by atoms with Gasteiger partial charge in [-0.05, 0) is 12.8 Å². The Balaban J connectivity index is 2.20. The number of likely N-dealkylation sites (tertiary alicyclic amines) is 1. The summed E-state index contributed by atoms with van der Waals surface area (Å²) in [6, 6.07) is -0.688. The molecule has 5 nitrogen and oxygen atoms in total. The third kappa shape index (κ3) is 2.63. The first kappa shape index (κ1) is 12.0. The summed E-state index contributed by atoms with van der Waals surface area (Å²) in [4.78, 5) is 29.2. The molecule has 1 atom stereocenters. The Hall–Kier alpha value is -1.43. The van der Waals surface area contributed by atoms with Crippen LogP contribution in [0.15, 0.2) is 11.7 Å². The molecule has 0 bridgehead atoms. The van der Waals surface area contributed by atoms with E-state index in [1.54, 1.807) is 5.51 Å². The molecule has 92 valence electrons. The normalized spacial score (nSPS) is 20.9. The number of carbonyl (C=O) groups is 2. The predicted octanol–water partition coefficient (Wildman–Crippen LogP) is 1.61. The SMILES string of the molecule is O=C(O)C1CCCCCN1C(=O)c1cncs1. The smallest absolute Gasteiger partial charge is 0.326 e. The lowest BCUT2D eigenvalue weighted by atomic mass is 10.1. The van der Waals surface area contributed by atoms with Gasteiger partial charge in [0.2, 0.25) is 0 Å². The van der Waals surface area contributed by atoms with Crippen LogP contribution in [0.4, 0.5) is 0 Å². The molecule has 2 heterocycles. The predicted molar refractivity (Wildman–Crippen MR) is 63.0 cm³/mol. The molecule has 0 radical (unpaired) electrons. The molecule has 0 aromatic carbocycles. The largest absolute Gasteiger partial charge is 0.480 e. The summed E-state index contributed by atoms with van der Waals surface area (Å²) in [5.41, 5.74) is 1.58. The molecule has 1 fully saturated rings. The first-order valence-corrected chi connectivity index (χ1v) is 6.50. The van der Waals surface area contributed by atoms with Crippen molar-refractivity contribution in [2.24, 2.45) is 0 Å². The van der Waals surface area contributed by atoms with Crippen LogP contribution in [-0.4, -0.2) is 39.5 Å². The summed E-state index contributed by atoms with van der Waals surface area (Å²) in [6.45, 7) is 0.522. The average Bonchev–Trinajstić information content (AvgIpc) is 2.71. The van der Waals surface area contributed by atoms with Crippen LogP contribution < -0.4 is 0 Å². The maximum absolute atomic E-state index is 12.2. The fraction of sp³-hybridized carbons (Fsp3) is 0.545. The van der Waals surface area contributed by atoms with Crippen molar-refractivity contribution in [1.29, 1.82) is 0 Å². The van der Waals surface area contributed by atoms with Crippen molar-refractivity contribution in [2.45, 2.75) is 31.7 Å². The second-order valence-corrected chi connectivity index (χ2v) is 4.95. The molecular formula is C11H14N2O3S. The number of hydrogen-bond donors (Lipinski definition) is 1. The van der Waals surface area contributed by atoms with E-state index in [0.29, 0.717) is 17.8 Å². The summed E-state index contributed by atoms with van der Waals surface area (Å²) in [6.07, 6.45) is 4.75. The minimum Gasteiger partial charge on any atom is -0.480 e. The second-order valence-electron chi connectivity index (χ2n) is 4.07. The Kier molecular flexibility index (Phi) is 3.73. The van der Waals surface area contributed by atoms with Crippen LogP contribution in [0.2, 0.25) is 0 Å². The minimum absolute atomic E-state index is 0.207. The molecule has 1 aromatic rings. The standard InChI is InChI=1S/C11H14N2O3S/c14-10(9-6-12-7-17-9)13-5-3-1-2-4-8(13)11(15)16/h6-8H,1-5H2,(H,15,16). The fourth-order valence-electron chi connectivity index (χ4n) is 2.07. The minimum atomic E-state index is -0.912. The van der Waals surface area contributed by atoms with Gasteiger partial charge in [0.15, 0.2) is 0 Å². The zero-order valence-electron chi connectivity index (χ0n) is 9.33. The number of aliphatic carboxylic acids is 1. The maximum Gasteiger partial charge on any atom is 0.326 e. The number of rotatable bonds is 2. The van der Waals surface area contributed by atoms with Gasteiger partial charge in [0.1, 0.15) is 10.9 Å². The van der Waals surface area contributed by atoms with E-state index in [-0.39, 0.29) is 5.91 Å². The van der Waals surface area contributed by atoms with Gasteiger partial charge in [-0.15, -0.1) is 11.3 Å². The van der Waals surface area contributed by atoms with E-state index < -0.39 is 12.0 Å². The molecule has 0 saturated carbocycles. The van der Waals surface area contributed by atoms with Crippen LogP contribution in [0.5, 0.6) is 0 Å². The van der Waals surface area contributed by atoms with E-state index in [4.69, 9.17) is 0 Å².